The van der Waals surface area contributed by atoms with Crippen molar-refractivity contribution in [3.63, 3.8) is 0 Å². The average molecular weight is 204 g/mol. The number of carbonyl (C=O) groups is 1. The Morgan fingerprint density at radius 1 is 1.33 bits per heavy atom. The second-order valence-corrected chi connectivity index (χ2v) is 3.45. The molecule has 2 nitrogen and oxygen atoms in total. The van der Waals surface area contributed by atoms with Crippen LogP contribution in [0.15, 0.2) is 30.8 Å². The molecule has 0 aromatic heterocycles. The summed E-state index contributed by atoms with van der Waals surface area (Å²) in [5.41, 5.74) is 2.99. The monoisotopic (exact) mass is 204 g/mol. The molecule has 0 spiro atoms. The van der Waals surface area contributed by atoms with Gasteiger partial charge in [-0.15, -0.1) is 0 Å². The van der Waals surface area contributed by atoms with Crippen LogP contribution in [-0.4, -0.2) is 12.6 Å². The second-order valence-electron chi connectivity index (χ2n) is 3.45. The van der Waals surface area contributed by atoms with Crippen molar-refractivity contribution in [3.05, 3.63) is 42.0 Å². The summed E-state index contributed by atoms with van der Waals surface area (Å²) in [6.07, 6.45) is 0.261. The van der Waals surface area contributed by atoms with E-state index >= 15 is 0 Å². The highest BCUT2D eigenvalue weighted by molar-refractivity contribution is 5.84. The number of aryl methyl sites for hydroxylation is 1. The molecule has 15 heavy (non-hydrogen) atoms. The minimum absolute atomic E-state index is 0.219. The normalized spacial score (nSPS) is 9.73. The molecule has 0 aliphatic carbocycles. The Morgan fingerprint density at radius 2 is 1.93 bits per heavy atom. The van der Waals surface area contributed by atoms with E-state index in [1.807, 2.05) is 31.2 Å². The van der Waals surface area contributed by atoms with E-state index in [4.69, 9.17) is 4.74 Å². The van der Waals surface area contributed by atoms with Crippen LogP contribution < -0.4 is 0 Å². The van der Waals surface area contributed by atoms with Gasteiger partial charge in [-0.1, -0.05) is 36.4 Å². The average Bonchev–Trinajstić information content (AvgIpc) is 2.18. The number of rotatable bonds is 4. The largest absolute Gasteiger partial charge is 0.466 e. The zero-order chi connectivity index (χ0) is 11.3. The van der Waals surface area contributed by atoms with E-state index in [2.05, 4.69) is 6.58 Å². The van der Waals surface area contributed by atoms with Crippen LogP contribution in [0, 0.1) is 6.92 Å². The summed E-state index contributed by atoms with van der Waals surface area (Å²) < 4.78 is 4.86. The van der Waals surface area contributed by atoms with Gasteiger partial charge < -0.3 is 4.74 Å². The van der Waals surface area contributed by atoms with Gasteiger partial charge in [0.25, 0.3) is 0 Å². The molecule has 1 aromatic rings. The maximum atomic E-state index is 11.2. The zero-order valence-electron chi connectivity index (χ0n) is 9.25. The summed E-state index contributed by atoms with van der Waals surface area (Å²) in [5.74, 6) is -0.219. The summed E-state index contributed by atoms with van der Waals surface area (Å²) in [5, 5.41) is 0. The molecule has 0 N–H and O–H groups in total. The number of ether oxygens (including phenoxy) is 1. The van der Waals surface area contributed by atoms with Crippen LogP contribution in [0.1, 0.15) is 24.5 Å². The SMILES string of the molecule is C=C(CC(=O)OCC)c1ccc(C)cc1. The predicted octanol–water partition coefficient (Wildman–Crippen LogP) is 2.96. The van der Waals surface area contributed by atoms with Gasteiger partial charge in [0.1, 0.15) is 0 Å². The molecule has 0 aliphatic heterocycles. The van der Waals surface area contributed by atoms with Gasteiger partial charge in [0.2, 0.25) is 0 Å². The van der Waals surface area contributed by atoms with Crippen molar-refractivity contribution in [2.75, 3.05) is 6.61 Å². The van der Waals surface area contributed by atoms with Crippen molar-refractivity contribution in [2.45, 2.75) is 20.3 Å². The van der Waals surface area contributed by atoms with Crippen molar-refractivity contribution in [1.29, 1.82) is 0 Å². The minimum Gasteiger partial charge on any atom is -0.466 e. The Kier molecular flexibility index (Phi) is 4.10. The van der Waals surface area contributed by atoms with Gasteiger partial charge in [0, 0.05) is 0 Å². The lowest BCUT2D eigenvalue weighted by Gasteiger charge is -2.05. The topological polar surface area (TPSA) is 26.3 Å². The van der Waals surface area contributed by atoms with Crippen molar-refractivity contribution < 1.29 is 9.53 Å². The summed E-state index contributed by atoms with van der Waals surface area (Å²) in [6, 6.07) is 7.95. The maximum Gasteiger partial charge on any atom is 0.310 e. The highest BCUT2D eigenvalue weighted by atomic mass is 16.5. The van der Waals surface area contributed by atoms with Crippen LogP contribution in [0.25, 0.3) is 5.57 Å². The van der Waals surface area contributed by atoms with Gasteiger partial charge >= 0.3 is 5.97 Å². The molecule has 0 amide bonds. The Bertz CT molecular complexity index is 349. The fourth-order valence-corrected chi connectivity index (χ4v) is 1.28. The van der Waals surface area contributed by atoms with Crippen LogP contribution in [0.4, 0.5) is 0 Å². The molecule has 80 valence electrons. The first-order valence-corrected chi connectivity index (χ1v) is 5.04. The molecule has 2 heteroatoms. The Hall–Kier alpha value is -1.57. The molecule has 0 heterocycles. The molecule has 0 atom stereocenters. The van der Waals surface area contributed by atoms with Crippen molar-refractivity contribution in [1.82, 2.24) is 0 Å². The van der Waals surface area contributed by atoms with E-state index in [0.717, 1.165) is 11.1 Å². The van der Waals surface area contributed by atoms with Crippen LogP contribution >= 0.6 is 0 Å². The predicted molar refractivity (Wildman–Crippen MR) is 61.5 cm³/mol. The van der Waals surface area contributed by atoms with Crippen LogP contribution in [0.2, 0.25) is 0 Å². The molecule has 0 unspecified atom stereocenters. The van der Waals surface area contributed by atoms with E-state index in [1.54, 1.807) is 6.92 Å². The molecule has 0 saturated heterocycles. The van der Waals surface area contributed by atoms with Crippen LogP contribution in [0.3, 0.4) is 0 Å². The zero-order valence-corrected chi connectivity index (χ0v) is 9.25. The first-order valence-electron chi connectivity index (χ1n) is 5.04. The van der Waals surface area contributed by atoms with Crippen molar-refractivity contribution >= 4 is 11.5 Å². The van der Waals surface area contributed by atoms with Gasteiger partial charge in [-0.05, 0) is 25.0 Å². The molecular weight excluding hydrogens is 188 g/mol. The van der Waals surface area contributed by atoms with Gasteiger partial charge in [0.05, 0.1) is 13.0 Å². The van der Waals surface area contributed by atoms with Crippen LogP contribution in [-0.2, 0) is 9.53 Å². The molecule has 1 aromatic carbocycles. The maximum absolute atomic E-state index is 11.2. The number of carbonyl (C=O) groups excluding carboxylic acids is 1. The summed E-state index contributed by atoms with van der Waals surface area (Å²) in [4.78, 5) is 11.2. The lowest BCUT2D eigenvalue weighted by molar-refractivity contribution is -0.141. The highest BCUT2D eigenvalue weighted by Crippen LogP contribution is 2.17. The second kappa shape index (κ2) is 5.35. The van der Waals surface area contributed by atoms with E-state index in [0.29, 0.717) is 6.61 Å². The summed E-state index contributed by atoms with van der Waals surface area (Å²) >= 11 is 0. The number of esters is 1. The molecule has 0 bridgehead atoms. The smallest absolute Gasteiger partial charge is 0.310 e. The fourth-order valence-electron chi connectivity index (χ4n) is 1.28. The first kappa shape index (κ1) is 11.5. The Labute approximate surface area is 90.6 Å². The molecule has 1 rings (SSSR count). The lowest BCUT2D eigenvalue weighted by atomic mass is 10.0. The van der Waals surface area contributed by atoms with Gasteiger partial charge in [-0.3, -0.25) is 4.79 Å². The van der Waals surface area contributed by atoms with Gasteiger partial charge in [-0.25, -0.2) is 0 Å². The van der Waals surface area contributed by atoms with Gasteiger partial charge in [-0.2, -0.15) is 0 Å². The number of benzene rings is 1. The third-order valence-corrected chi connectivity index (χ3v) is 2.12. The summed E-state index contributed by atoms with van der Waals surface area (Å²) in [7, 11) is 0. The quantitative estimate of drug-likeness (QED) is 0.705. The standard InChI is InChI=1S/C13H16O2/c1-4-15-13(14)9-11(3)12-7-5-10(2)6-8-12/h5-8H,3-4,9H2,1-2H3. The van der Waals surface area contributed by atoms with Gasteiger partial charge in [0.15, 0.2) is 0 Å². The summed E-state index contributed by atoms with van der Waals surface area (Å²) in [6.45, 7) is 8.12. The molecule has 0 fully saturated rings. The van der Waals surface area contributed by atoms with E-state index < -0.39 is 0 Å². The Balaban J connectivity index is 2.61. The molecule has 0 radical (unpaired) electrons. The van der Waals surface area contributed by atoms with E-state index in [9.17, 15) is 4.79 Å². The Morgan fingerprint density at radius 3 is 2.47 bits per heavy atom. The molecule has 0 aliphatic rings. The van der Waals surface area contributed by atoms with Crippen molar-refractivity contribution in [3.8, 4) is 0 Å². The molecule has 0 saturated carbocycles. The number of hydrogen-bond donors (Lipinski definition) is 0. The third kappa shape index (κ3) is 3.58. The first-order chi connectivity index (χ1) is 7.13. The highest BCUT2D eigenvalue weighted by Gasteiger charge is 2.06. The van der Waals surface area contributed by atoms with Crippen LogP contribution in [0.5, 0.6) is 0 Å². The fraction of sp³-hybridized carbons (Fsp3) is 0.308. The minimum atomic E-state index is -0.219. The molecular formula is C13H16O2. The number of hydrogen-bond acceptors (Lipinski definition) is 2. The van der Waals surface area contributed by atoms with Crippen molar-refractivity contribution in [2.24, 2.45) is 0 Å². The third-order valence-electron chi connectivity index (χ3n) is 2.12. The van der Waals surface area contributed by atoms with E-state index in [-0.39, 0.29) is 12.4 Å². The lowest BCUT2D eigenvalue weighted by Crippen LogP contribution is -2.04. The van der Waals surface area contributed by atoms with E-state index in [1.165, 1.54) is 5.56 Å².